The van der Waals surface area contributed by atoms with Gasteiger partial charge in [-0.2, -0.15) is 0 Å². The Morgan fingerprint density at radius 3 is 2.35 bits per heavy atom. The summed E-state index contributed by atoms with van der Waals surface area (Å²) in [4.78, 5) is 23.8. The quantitative estimate of drug-likeness (QED) is 0.701. The van der Waals surface area contributed by atoms with Crippen LogP contribution in [-0.2, 0) is 19.6 Å². The van der Waals surface area contributed by atoms with Gasteiger partial charge in [-0.15, -0.1) is 0 Å². The Balaban J connectivity index is 1.89. The first-order valence-electron chi connectivity index (χ1n) is 7.13. The number of benzene rings is 1. The fourth-order valence-corrected chi connectivity index (χ4v) is 4.24. The summed E-state index contributed by atoms with van der Waals surface area (Å²) < 4.78 is 23.2. The van der Waals surface area contributed by atoms with Crippen LogP contribution >= 0.6 is 0 Å². The second kappa shape index (κ2) is 5.47. The van der Waals surface area contributed by atoms with Gasteiger partial charge >= 0.3 is 5.97 Å². The number of carbonyl (C=O) groups excluding carboxylic acids is 1. The number of hydrogen-bond acceptors (Lipinski definition) is 4. The van der Waals surface area contributed by atoms with E-state index in [9.17, 15) is 23.1 Å². The molecule has 2 aliphatic rings. The average Bonchev–Trinajstić information content (AvgIpc) is 3.07. The lowest BCUT2D eigenvalue weighted by Crippen LogP contribution is -2.36. The molecular formula is C15H16N2O5S. The van der Waals surface area contributed by atoms with Crippen molar-refractivity contribution >= 4 is 27.6 Å². The molecule has 0 aliphatic heterocycles. The summed E-state index contributed by atoms with van der Waals surface area (Å²) in [6, 6.07) is 5.78. The molecule has 4 atom stereocenters. The molecule has 1 aromatic carbocycles. The molecule has 2 aliphatic carbocycles. The van der Waals surface area contributed by atoms with Crippen LogP contribution in [0, 0.1) is 23.7 Å². The summed E-state index contributed by atoms with van der Waals surface area (Å²) in [6.07, 6.45) is 4.33. The maximum atomic E-state index is 12.6. The molecular weight excluding hydrogens is 320 g/mol. The van der Waals surface area contributed by atoms with E-state index < -0.39 is 33.7 Å². The summed E-state index contributed by atoms with van der Waals surface area (Å²) in [5.41, 5.74) is 0.0656. The minimum atomic E-state index is -3.99. The molecule has 0 heterocycles. The molecule has 0 spiro atoms. The van der Waals surface area contributed by atoms with Crippen molar-refractivity contribution in [3.8, 4) is 0 Å². The highest BCUT2D eigenvalue weighted by atomic mass is 32.2. The topological polar surface area (TPSA) is 127 Å². The summed E-state index contributed by atoms with van der Waals surface area (Å²) >= 11 is 0. The number of carbonyl (C=O) groups is 2. The van der Waals surface area contributed by atoms with E-state index in [4.69, 9.17) is 5.14 Å². The van der Waals surface area contributed by atoms with Crippen molar-refractivity contribution < 1.29 is 23.1 Å². The van der Waals surface area contributed by atoms with E-state index in [0.29, 0.717) is 6.42 Å². The molecule has 2 bridgehead atoms. The van der Waals surface area contributed by atoms with Gasteiger partial charge in [-0.3, -0.25) is 9.59 Å². The van der Waals surface area contributed by atoms with E-state index >= 15 is 0 Å². The first-order valence-corrected chi connectivity index (χ1v) is 8.67. The van der Waals surface area contributed by atoms with Crippen LogP contribution in [0.4, 0.5) is 5.69 Å². The second-order valence-corrected chi connectivity index (χ2v) is 7.40. The molecule has 1 aromatic rings. The van der Waals surface area contributed by atoms with Crippen molar-refractivity contribution in [3.63, 3.8) is 0 Å². The van der Waals surface area contributed by atoms with Gasteiger partial charge in [0.25, 0.3) is 0 Å². The van der Waals surface area contributed by atoms with Gasteiger partial charge in [0.1, 0.15) is 4.90 Å². The molecule has 8 heteroatoms. The van der Waals surface area contributed by atoms with E-state index in [-0.39, 0.29) is 22.4 Å². The average molecular weight is 336 g/mol. The lowest BCUT2D eigenvalue weighted by molar-refractivity contribution is -0.146. The Morgan fingerprint density at radius 1 is 1.13 bits per heavy atom. The summed E-state index contributed by atoms with van der Waals surface area (Å²) in [5, 5.41) is 17.0. The number of rotatable bonds is 4. The van der Waals surface area contributed by atoms with E-state index in [0.717, 1.165) is 0 Å². The van der Waals surface area contributed by atoms with Crippen LogP contribution in [0.15, 0.2) is 41.3 Å². The number of carboxylic acid groups (broad SMARTS) is 1. The summed E-state index contributed by atoms with van der Waals surface area (Å²) in [5.74, 6) is -3.29. The van der Waals surface area contributed by atoms with Crippen molar-refractivity contribution in [2.24, 2.45) is 28.8 Å². The standard InChI is InChI=1S/C15H16N2O5S/c16-23(21,22)11-4-2-1-3-10(11)17-14(18)12-8-5-6-9(7-8)13(12)15(19)20/h1-6,8-9,12-13H,7H2,(H,17,18)(H,19,20)(H2,16,21,22)/t8?,9?,12-,13+/m1/s1. The zero-order chi connectivity index (χ0) is 16.8. The Labute approximate surface area is 133 Å². The van der Waals surface area contributed by atoms with Gasteiger partial charge in [0.15, 0.2) is 0 Å². The number of anilines is 1. The van der Waals surface area contributed by atoms with Gasteiger partial charge in [0, 0.05) is 0 Å². The Kier molecular flexibility index (Phi) is 3.73. The van der Waals surface area contributed by atoms with Crippen LogP contribution in [0.1, 0.15) is 6.42 Å². The molecule has 3 rings (SSSR count). The van der Waals surface area contributed by atoms with E-state index in [1.807, 2.05) is 12.2 Å². The Bertz CT molecular complexity index is 802. The number of nitrogens with one attached hydrogen (secondary N) is 1. The lowest BCUT2D eigenvalue weighted by Gasteiger charge is -2.24. The smallest absolute Gasteiger partial charge is 0.307 e. The molecule has 7 nitrogen and oxygen atoms in total. The first-order chi connectivity index (χ1) is 10.8. The number of fused-ring (bicyclic) bond motifs is 2. The highest BCUT2D eigenvalue weighted by molar-refractivity contribution is 7.89. The summed E-state index contributed by atoms with van der Waals surface area (Å²) in [6.45, 7) is 0. The number of aliphatic carboxylic acids is 1. The van der Waals surface area contributed by atoms with Crippen LogP contribution in [-0.4, -0.2) is 25.4 Å². The van der Waals surface area contributed by atoms with E-state index in [1.165, 1.54) is 18.2 Å². The number of para-hydroxylation sites is 1. The third-order valence-corrected chi connectivity index (χ3v) is 5.47. The van der Waals surface area contributed by atoms with Gasteiger partial charge in [0.2, 0.25) is 15.9 Å². The monoisotopic (exact) mass is 336 g/mol. The van der Waals surface area contributed by atoms with Gasteiger partial charge < -0.3 is 10.4 Å². The molecule has 0 saturated heterocycles. The first kappa shape index (κ1) is 15.7. The maximum Gasteiger partial charge on any atom is 0.307 e. The van der Waals surface area contributed by atoms with Crippen molar-refractivity contribution in [1.82, 2.24) is 0 Å². The Hall–Kier alpha value is -2.19. The van der Waals surface area contributed by atoms with Crippen molar-refractivity contribution in [1.29, 1.82) is 0 Å². The predicted molar refractivity (Wildman–Crippen MR) is 81.8 cm³/mol. The van der Waals surface area contributed by atoms with Crippen LogP contribution < -0.4 is 10.5 Å². The van der Waals surface area contributed by atoms with Crippen molar-refractivity contribution in [3.05, 3.63) is 36.4 Å². The van der Waals surface area contributed by atoms with Gasteiger partial charge in [-0.25, -0.2) is 13.6 Å². The summed E-state index contributed by atoms with van der Waals surface area (Å²) in [7, 11) is -3.99. The maximum absolute atomic E-state index is 12.6. The second-order valence-electron chi connectivity index (χ2n) is 5.87. The molecule has 122 valence electrons. The number of primary sulfonamides is 1. The van der Waals surface area contributed by atoms with Crippen molar-refractivity contribution in [2.75, 3.05) is 5.32 Å². The zero-order valence-electron chi connectivity index (χ0n) is 12.0. The minimum absolute atomic E-state index is 0.0656. The van der Waals surface area contributed by atoms with Crippen LogP contribution in [0.25, 0.3) is 0 Å². The Morgan fingerprint density at radius 2 is 1.74 bits per heavy atom. The molecule has 23 heavy (non-hydrogen) atoms. The molecule has 2 unspecified atom stereocenters. The number of amides is 1. The normalized spacial score (nSPS) is 28.7. The predicted octanol–water partition coefficient (Wildman–Crippen LogP) is 0.795. The molecule has 1 amide bonds. The highest BCUT2D eigenvalue weighted by Crippen LogP contribution is 2.48. The number of allylic oxidation sites excluding steroid dienone is 2. The number of carboxylic acids is 1. The number of hydrogen-bond donors (Lipinski definition) is 3. The number of nitrogens with two attached hydrogens (primary N) is 1. The molecule has 1 saturated carbocycles. The zero-order valence-corrected chi connectivity index (χ0v) is 12.9. The minimum Gasteiger partial charge on any atom is -0.481 e. The molecule has 1 fully saturated rings. The molecule has 4 N–H and O–H groups in total. The van der Waals surface area contributed by atoms with Crippen LogP contribution in [0.2, 0.25) is 0 Å². The fraction of sp³-hybridized carbons (Fsp3) is 0.333. The van der Waals surface area contributed by atoms with Crippen molar-refractivity contribution in [2.45, 2.75) is 11.3 Å². The van der Waals surface area contributed by atoms with E-state index in [1.54, 1.807) is 6.07 Å². The van der Waals surface area contributed by atoms with Crippen LogP contribution in [0.5, 0.6) is 0 Å². The van der Waals surface area contributed by atoms with Gasteiger partial charge in [0.05, 0.1) is 17.5 Å². The van der Waals surface area contributed by atoms with Gasteiger partial charge in [-0.05, 0) is 30.4 Å². The third kappa shape index (κ3) is 2.75. The molecule has 0 radical (unpaired) electrons. The van der Waals surface area contributed by atoms with Crippen LogP contribution in [0.3, 0.4) is 0 Å². The van der Waals surface area contributed by atoms with E-state index in [2.05, 4.69) is 5.32 Å². The lowest BCUT2D eigenvalue weighted by atomic mass is 9.82. The fourth-order valence-electron chi connectivity index (χ4n) is 3.55. The third-order valence-electron chi connectivity index (χ3n) is 4.50. The largest absolute Gasteiger partial charge is 0.481 e. The SMILES string of the molecule is NS(=O)(=O)c1ccccc1NC(=O)[C@@H]1C2C=CC(C2)[C@@H]1C(=O)O. The number of sulfonamides is 1. The van der Waals surface area contributed by atoms with Gasteiger partial charge in [-0.1, -0.05) is 24.3 Å². The molecule has 0 aromatic heterocycles. The highest BCUT2D eigenvalue weighted by Gasteiger charge is 2.51.